The zero-order chi connectivity index (χ0) is 20.7. The van der Waals surface area contributed by atoms with Gasteiger partial charge in [0.05, 0.1) is 6.54 Å². The van der Waals surface area contributed by atoms with Gasteiger partial charge in [0.1, 0.15) is 5.60 Å². The molecule has 7 nitrogen and oxygen atoms in total. The summed E-state index contributed by atoms with van der Waals surface area (Å²) in [5.41, 5.74) is 7.17. The Kier molecular flexibility index (Phi) is 10.8. The van der Waals surface area contributed by atoms with Crippen molar-refractivity contribution in [3.63, 3.8) is 0 Å². The predicted molar refractivity (Wildman–Crippen MR) is 128 cm³/mol. The number of nitrogens with two attached hydrogens (primary N) is 1. The lowest BCUT2D eigenvalue weighted by Crippen LogP contribution is -2.51. The average molecular weight is 469 g/mol. The van der Waals surface area contributed by atoms with Crippen LogP contribution in [0, 0.1) is 0 Å². The number of benzene rings is 2. The van der Waals surface area contributed by atoms with Gasteiger partial charge in [0.2, 0.25) is 5.91 Å². The Hall–Kier alpha value is -2.32. The van der Waals surface area contributed by atoms with Gasteiger partial charge in [-0.3, -0.25) is 9.59 Å². The second-order valence-electron chi connectivity index (χ2n) is 7.26. The van der Waals surface area contributed by atoms with E-state index in [1.54, 1.807) is 7.11 Å². The van der Waals surface area contributed by atoms with E-state index < -0.39 is 11.5 Å². The van der Waals surface area contributed by atoms with Crippen molar-refractivity contribution in [2.45, 2.75) is 25.0 Å². The van der Waals surface area contributed by atoms with E-state index in [2.05, 4.69) is 10.6 Å². The summed E-state index contributed by atoms with van der Waals surface area (Å²) in [6, 6.07) is 17.3. The van der Waals surface area contributed by atoms with Crippen molar-refractivity contribution in [1.29, 1.82) is 0 Å². The number of rotatable bonds is 8. The number of anilines is 2. The molecule has 31 heavy (non-hydrogen) atoms. The molecule has 2 amide bonds. The maximum atomic E-state index is 12.9. The maximum absolute atomic E-state index is 12.9. The number of primary amides is 1. The molecule has 2 aromatic rings. The van der Waals surface area contributed by atoms with E-state index in [1.807, 2.05) is 59.5 Å². The van der Waals surface area contributed by atoms with Gasteiger partial charge in [-0.05, 0) is 49.7 Å². The van der Waals surface area contributed by atoms with Crippen molar-refractivity contribution in [2.75, 3.05) is 37.0 Å². The third-order valence-corrected chi connectivity index (χ3v) is 5.25. The standard InChI is InChI=1S/C22H28N4O3.2ClH/c1-29-22(10-12-24-13-11-22)21(28)25-18-8-5-9-19(14-18)26(16-20(23)27)15-17-6-3-2-4-7-17;;/h2-9,14,24H,10-13,15-16H2,1H3,(H2,23,27)(H,25,28);2*1H. The van der Waals surface area contributed by atoms with Gasteiger partial charge in [-0.15, -0.1) is 24.8 Å². The minimum Gasteiger partial charge on any atom is -0.368 e. The Morgan fingerprint density at radius 2 is 1.77 bits per heavy atom. The average Bonchev–Trinajstić information content (AvgIpc) is 2.74. The number of hydrogen-bond donors (Lipinski definition) is 3. The lowest BCUT2D eigenvalue weighted by molar-refractivity contribution is -0.140. The fourth-order valence-electron chi connectivity index (χ4n) is 3.61. The van der Waals surface area contributed by atoms with Crippen LogP contribution in [0.2, 0.25) is 0 Å². The highest BCUT2D eigenvalue weighted by Gasteiger charge is 2.39. The van der Waals surface area contributed by atoms with Crippen molar-refractivity contribution in [2.24, 2.45) is 5.73 Å². The summed E-state index contributed by atoms with van der Waals surface area (Å²) in [4.78, 5) is 26.4. The van der Waals surface area contributed by atoms with Crippen LogP contribution in [0.5, 0.6) is 0 Å². The molecule has 1 heterocycles. The minimum absolute atomic E-state index is 0. The van der Waals surface area contributed by atoms with Crippen LogP contribution in [0.4, 0.5) is 11.4 Å². The van der Waals surface area contributed by atoms with Gasteiger partial charge in [0.25, 0.3) is 5.91 Å². The molecule has 2 aromatic carbocycles. The van der Waals surface area contributed by atoms with Crippen LogP contribution in [0.1, 0.15) is 18.4 Å². The highest BCUT2D eigenvalue weighted by molar-refractivity contribution is 5.98. The summed E-state index contributed by atoms with van der Waals surface area (Å²) in [5.74, 6) is -0.563. The Balaban J connectivity index is 0.00000240. The molecule has 0 aliphatic carbocycles. The fourth-order valence-corrected chi connectivity index (χ4v) is 3.61. The Morgan fingerprint density at radius 1 is 1.10 bits per heavy atom. The quantitative estimate of drug-likeness (QED) is 0.553. The zero-order valence-corrected chi connectivity index (χ0v) is 19.1. The molecule has 9 heteroatoms. The first-order valence-corrected chi connectivity index (χ1v) is 9.77. The summed E-state index contributed by atoms with van der Waals surface area (Å²) in [6.07, 6.45) is 1.24. The number of piperidine rings is 1. The van der Waals surface area contributed by atoms with E-state index in [-0.39, 0.29) is 37.3 Å². The number of methoxy groups -OCH3 is 1. The molecule has 1 saturated heterocycles. The smallest absolute Gasteiger partial charge is 0.256 e. The van der Waals surface area contributed by atoms with Crippen LogP contribution in [0.15, 0.2) is 54.6 Å². The molecule has 3 rings (SSSR count). The van der Waals surface area contributed by atoms with E-state index >= 15 is 0 Å². The van der Waals surface area contributed by atoms with Gasteiger partial charge in [-0.1, -0.05) is 36.4 Å². The molecule has 0 unspecified atom stereocenters. The number of carbonyl (C=O) groups is 2. The van der Waals surface area contributed by atoms with Crippen molar-refractivity contribution in [1.82, 2.24) is 5.32 Å². The molecular weight excluding hydrogens is 439 g/mol. The largest absolute Gasteiger partial charge is 0.368 e. The number of ether oxygens (including phenoxy) is 1. The Bertz CT molecular complexity index is 846. The number of nitrogens with one attached hydrogen (secondary N) is 2. The summed E-state index contributed by atoms with van der Waals surface area (Å²) in [5, 5.41) is 6.23. The molecule has 0 spiro atoms. The highest BCUT2D eigenvalue weighted by atomic mass is 35.5. The first kappa shape index (κ1) is 26.7. The molecule has 0 radical (unpaired) electrons. The maximum Gasteiger partial charge on any atom is 0.256 e. The lowest BCUT2D eigenvalue weighted by atomic mass is 9.91. The van der Waals surface area contributed by atoms with E-state index in [4.69, 9.17) is 10.5 Å². The molecular formula is C22H30Cl2N4O3. The van der Waals surface area contributed by atoms with E-state index in [0.717, 1.165) is 24.3 Å². The van der Waals surface area contributed by atoms with Crippen molar-refractivity contribution in [3.05, 3.63) is 60.2 Å². The second kappa shape index (κ2) is 12.5. The molecule has 4 N–H and O–H groups in total. The molecule has 0 aromatic heterocycles. The lowest BCUT2D eigenvalue weighted by Gasteiger charge is -2.34. The normalized spacial score (nSPS) is 14.5. The first-order valence-electron chi connectivity index (χ1n) is 9.77. The fraction of sp³-hybridized carbons (Fsp3) is 0.364. The molecule has 0 saturated carbocycles. The van der Waals surface area contributed by atoms with Crippen LogP contribution in [0.25, 0.3) is 0 Å². The van der Waals surface area contributed by atoms with Crippen LogP contribution >= 0.6 is 24.8 Å². The zero-order valence-electron chi connectivity index (χ0n) is 17.5. The molecule has 1 aliphatic heterocycles. The third kappa shape index (κ3) is 7.11. The summed E-state index contributed by atoms with van der Waals surface area (Å²) < 4.78 is 5.60. The summed E-state index contributed by atoms with van der Waals surface area (Å²) in [7, 11) is 1.58. The van der Waals surface area contributed by atoms with Gasteiger partial charge in [0, 0.05) is 25.0 Å². The van der Waals surface area contributed by atoms with Gasteiger partial charge < -0.3 is 26.0 Å². The second-order valence-corrected chi connectivity index (χ2v) is 7.26. The van der Waals surface area contributed by atoms with Crippen LogP contribution in [-0.2, 0) is 20.9 Å². The summed E-state index contributed by atoms with van der Waals surface area (Å²) in [6.45, 7) is 2.10. The number of carbonyl (C=O) groups excluding carboxylic acids is 2. The van der Waals surface area contributed by atoms with Crippen LogP contribution in [-0.4, -0.2) is 44.2 Å². The third-order valence-electron chi connectivity index (χ3n) is 5.25. The molecule has 1 aliphatic rings. The SMILES string of the molecule is COC1(C(=O)Nc2cccc(N(CC(N)=O)Cc3ccccc3)c2)CCNCC1.Cl.Cl. The van der Waals surface area contributed by atoms with E-state index in [9.17, 15) is 9.59 Å². The van der Waals surface area contributed by atoms with Crippen molar-refractivity contribution in [3.8, 4) is 0 Å². The van der Waals surface area contributed by atoms with Crippen LogP contribution in [0.3, 0.4) is 0 Å². The molecule has 0 bridgehead atoms. The topological polar surface area (TPSA) is 96.7 Å². The minimum atomic E-state index is -0.821. The van der Waals surface area contributed by atoms with Gasteiger partial charge >= 0.3 is 0 Å². The number of nitrogens with zero attached hydrogens (tertiary/aromatic N) is 1. The highest BCUT2D eigenvalue weighted by Crippen LogP contribution is 2.26. The van der Waals surface area contributed by atoms with E-state index in [0.29, 0.717) is 25.1 Å². The van der Waals surface area contributed by atoms with Gasteiger partial charge in [0.15, 0.2) is 0 Å². The number of halogens is 2. The van der Waals surface area contributed by atoms with E-state index in [1.165, 1.54) is 0 Å². The van der Waals surface area contributed by atoms with Gasteiger partial charge in [-0.25, -0.2) is 0 Å². The molecule has 170 valence electrons. The van der Waals surface area contributed by atoms with Crippen molar-refractivity contribution >= 4 is 48.0 Å². The monoisotopic (exact) mass is 468 g/mol. The Labute approximate surface area is 195 Å². The van der Waals surface area contributed by atoms with Crippen LogP contribution < -0.4 is 21.3 Å². The van der Waals surface area contributed by atoms with Gasteiger partial charge in [-0.2, -0.15) is 0 Å². The number of amides is 2. The first-order chi connectivity index (χ1) is 14.0. The number of hydrogen-bond acceptors (Lipinski definition) is 5. The van der Waals surface area contributed by atoms with Crippen molar-refractivity contribution < 1.29 is 14.3 Å². The Morgan fingerprint density at radius 3 is 2.39 bits per heavy atom. The summed E-state index contributed by atoms with van der Waals surface area (Å²) >= 11 is 0. The molecule has 0 atom stereocenters. The predicted octanol–water partition coefficient (Wildman–Crippen LogP) is 2.73. The molecule has 1 fully saturated rings.